The summed E-state index contributed by atoms with van der Waals surface area (Å²) in [6, 6.07) is 2.69. The van der Waals surface area contributed by atoms with Crippen LogP contribution < -0.4 is 10.6 Å². The van der Waals surface area contributed by atoms with Gasteiger partial charge in [0.15, 0.2) is 0 Å². The van der Waals surface area contributed by atoms with Crippen molar-refractivity contribution >= 4 is 17.4 Å². The van der Waals surface area contributed by atoms with Gasteiger partial charge >= 0.3 is 12.4 Å². The van der Waals surface area contributed by atoms with E-state index in [9.17, 15) is 31.1 Å². The van der Waals surface area contributed by atoms with Gasteiger partial charge in [-0.15, -0.1) is 0 Å². The molecule has 2 heterocycles. The summed E-state index contributed by atoms with van der Waals surface area (Å²) in [6.07, 6.45) is -6.96. The number of carbonyl (C=O) groups is 1. The van der Waals surface area contributed by atoms with E-state index in [4.69, 9.17) is 4.74 Å². The molecule has 0 radical (unpaired) electrons. The normalized spacial score (nSPS) is 15.4. The number of rotatable bonds is 6. The number of carbonyl (C=O) groups excluding carboxylic acids is 1. The number of nitrogens with zero attached hydrogens (tertiary/aromatic N) is 1. The number of hydrogen-bond acceptors (Lipinski definition) is 4. The van der Waals surface area contributed by atoms with Crippen LogP contribution in [0.4, 0.5) is 37.8 Å². The van der Waals surface area contributed by atoms with E-state index in [1.165, 1.54) is 12.3 Å². The lowest BCUT2D eigenvalue weighted by molar-refractivity contribution is -0.143. The highest BCUT2D eigenvalue weighted by Crippen LogP contribution is 2.38. The van der Waals surface area contributed by atoms with E-state index >= 15 is 0 Å². The van der Waals surface area contributed by atoms with Gasteiger partial charge in [0.05, 0.1) is 16.7 Å². The minimum absolute atomic E-state index is 0.0251. The Morgan fingerprint density at radius 2 is 1.62 bits per heavy atom. The highest BCUT2D eigenvalue weighted by molar-refractivity contribution is 5.96. The van der Waals surface area contributed by atoms with Crippen molar-refractivity contribution in [2.45, 2.75) is 45.0 Å². The van der Waals surface area contributed by atoms with E-state index in [1.54, 1.807) is 0 Å². The molecule has 11 heteroatoms. The number of ether oxygens (including phenoxy) is 1. The Morgan fingerprint density at radius 3 is 2.15 bits per heavy atom. The van der Waals surface area contributed by atoms with Gasteiger partial charge in [0.2, 0.25) is 0 Å². The van der Waals surface area contributed by atoms with Crippen LogP contribution in [0.3, 0.4) is 0 Å². The second-order valence-electron chi connectivity index (χ2n) is 8.50. The van der Waals surface area contributed by atoms with E-state index < -0.39 is 29.2 Å². The summed E-state index contributed by atoms with van der Waals surface area (Å²) in [5, 5.41) is 5.39. The molecule has 1 aromatic heterocycles. The molecule has 1 aliphatic heterocycles. The first-order valence-electron chi connectivity index (χ1n) is 10.8. The Kier molecular flexibility index (Phi) is 7.74. The molecule has 186 valence electrons. The Morgan fingerprint density at radius 1 is 1.03 bits per heavy atom. The van der Waals surface area contributed by atoms with Gasteiger partial charge in [-0.3, -0.25) is 4.79 Å². The van der Waals surface area contributed by atoms with Crippen molar-refractivity contribution in [3.63, 3.8) is 0 Å². The van der Waals surface area contributed by atoms with Gasteiger partial charge in [0.25, 0.3) is 5.91 Å². The minimum Gasteiger partial charge on any atom is -0.381 e. The van der Waals surface area contributed by atoms with E-state index in [0.717, 1.165) is 12.8 Å². The lowest BCUT2D eigenvalue weighted by atomic mass is 9.97. The monoisotopic (exact) mass is 489 g/mol. The van der Waals surface area contributed by atoms with E-state index in [1.807, 2.05) is 13.8 Å². The molecule has 5 nitrogen and oxygen atoms in total. The van der Waals surface area contributed by atoms with E-state index in [2.05, 4.69) is 15.6 Å². The topological polar surface area (TPSA) is 63.2 Å². The summed E-state index contributed by atoms with van der Waals surface area (Å²) in [4.78, 5) is 16.8. The summed E-state index contributed by atoms with van der Waals surface area (Å²) in [5.74, 6) is -0.165. The minimum atomic E-state index is -4.96. The Bertz CT molecular complexity index is 982. The molecule has 1 fully saturated rings. The quantitative estimate of drug-likeness (QED) is 0.479. The number of anilines is 2. The molecule has 34 heavy (non-hydrogen) atoms. The molecule has 0 spiro atoms. The van der Waals surface area contributed by atoms with Gasteiger partial charge in [0.1, 0.15) is 5.82 Å². The summed E-state index contributed by atoms with van der Waals surface area (Å²) in [6.45, 7) is 5.40. The zero-order valence-electron chi connectivity index (χ0n) is 18.6. The number of alkyl halides is 6. The number of pyridine rings is 1. The summed E-state index contributed by atoms with van der Waals surface area (Å²) < 4.78 is 84.1. The average Bonchev–Trinajstić information content (AvgIpc) is 2.76. The molecule has 0 unspecified atom stereocenters. The first kappa shape index (κ1) is 25.8. The molecule has 1 aliphatic rings. The highest BCUT2D eigenvalue weighted by atomic mass is 19.4. The molecule has 1 saturated heterocycles. The molecular formula is C23H25F6N3O2. The molecule has 0 aliphatic carbocycles. The van der Waals surface area contributed by atoms with E-state index in [-0.39, 0.29) is 23.7 Å². The molecule has 3 rings (SSSR count). The lowest BCUT2D eigenvalue weighted by Gasteiger charge is -2.22. The van der Waals surface area contributed by atoms with Crippen LogP contribution in [0.5, 0.6) is 0 Å². The molecule has 1 amide bonds. The first-order chi connectivity index (χ1) is 15.8. The fourth-order valence-electron chi connectivity index (χ4n) is 3.66. The van der Waals surface area contributed by atoms with Crippen LogP contribution in [0.15, 0.2) is 30.5 Å². The van der Waals surface area contributed by atoms with Crippen molar-refractivity contribution < 1.29 is 35.9 Å². The van der Waals surface area contributed by atoms with Crippen molar-refractivity contribution in [1.82, 2.24) is 10.3 Å². The SMILES string of the molecule is CC(C)c1cc(Nc2cc(C(F)(F)F)cc(C(F)(F)F)c2)ncc1C(=O)NCC1CCOCC1. The number of aromatic nitrogens is 1. The van der Waals surface area contributed by atoms with Gasteiger partial charge < -0.3 is 15.4 Å². The number of nitrogens with one attached hydrogen (secondary N) is 2. The molecular weight excluding hydrogens is 464 g/mol. The van der Waals surface area contributed by atoms with Gasteiger partial charge in [-0.1, -0.05) is 13.8 Å². The second kappa shape index (κ2) is 10.2. The van der Waals surface area contributed by atoms with Crippen molar-refractivity contribution in [3.8, 4) is 0 Å². The number of amides is 1. The number of halogens is 6. The fourth-order valence-corrected chi connectivity index (χ4v) is 3.66. The standard InChI is InChI=1S/C23H25F6N3O2/c1-13(2)18-10-20(30-12-19(18)21(33)31-11-14-3-5-34-6-4-14)32-17-8-15(22(24,25)26)7-16(9-17)23(27,28)29/h7-10,12-14H,3-6,11H2,1-2H3,(H,30,32)(H,31,33). The first-order valence-corrected chi connectivity index (χ1v) is 10.8. The third kappa shape index (κ3) is 6.62. The summed E-state index contributed by atoms with van der Waals surface area (Å²) >= 11 is 0. The Balaban J connectivity index is 1.84. The number of hydrogen-bond donors (Lipinski definition) is 2. The lowest BCUT2D eigenvalue weighted by Crippen LogP contribution is -2.32. The van der Waals surface area contributed by atoms with Crippen LogP contribution >= 0.6 is 0 Å². The van der Waals surface area contributed by atoms with Gasteiger partial charge in [-0.25, -0.2) is 4.98 Å². The summed E-state index contributed by atoms with van der Waals surface area (Å²) in [7, 11) is 0. The van der Waals surface area contributed by atoms with Crippen LogP contribution in [-0.2, 0) is 17.1 Å². The van der Waals surface area contributed by atoms with Crippen LogP contribution in [0.1, 0.15) is 59.7 Å². The van der Waals surface area contributed by atoms with Crippen molar-refractivity contribution in [3.05, 3.63) is 52.7 Å². The molecule has 0 atom stereocenters. The fraction of sp³-hybridized carbons (Fsp3) is 0.478. The Hall–Kier alpha value is -2.82. The predicted octanol–water partition coefficient (Wildman–Crippen LogP) is 6.14. The third-order valence-corrected chi connectivity index (χ3v) is 5.55. The molecule has 0 saturated carbocycles. The van der Waals surface area contributed by atoms with Gasteiger partial charge in [0, 0.05) is 31.6 Å². The van der Waals surface area contributed by atoms with Crippen LogP contribution in [0.2, 0.25) is 0 Å². The van der Waals surface area contributed by atoms with Crippen molar-refractivity contribution in [2.24, 2.45) is 5.92 Å². The zero-order chi connectivity index (χ0) is 25.1. The smallest absolute Gasteiger partial charge is 0.381 e. The summed E-state index contributed by atoms with van der Waals surface area (Å²) in [5.41, 5.74) is -2.42. The van der Waals surface area contributed by atoms with Crippen LogP contribution in [-0.4, -0.2) is 30.6 Å². The predicted molar refractivity (Wildman–Crippen MR) is 114 cm³/mol. The molecule has 2 aromatic rings. The van der Waals surface area contributed by atoms with Crippen LogP contribution in [0, 0.1) is 5.92 Å². The van der Waals surface area contributed by atoms with Crippen molar-refractivity contribution in [1.29, 1.82) is 0 Å². The molecule has 0 bridgehead atoms. The molecule has 1 aromatic carbocycles. The molecule has 2 N–H and O–H groups in total. The second-order valence-corrected chi connectivity index (χ2v) is 8.50. The van der Waals surface area contributed by atoms with E-state index in [0.29, 0.717) is 48.9 Å². The zero-order valence-corrected chi connectivity index (χ0v) is 18.6. The maximum atomic E-state index is 13.1. The highest BCUT2D eigenvalue weighted by Gasteiger charge is 2.37. The largest absolute Gasteiger partial charge is 0.416 e. The Labute approximate surface area is 192 Å². The maximum absolute atomic E-state index is 13.1. The van der Waals surface area contributed by atoms with Gasteiger partial charge in [-0.2, -0.15) is 26.3 Å². The maximum Gasteiger partial charge on any atom is 0.416 e. The average molecular weight is 489 g/mol. The third-order valence-electron chi connectivity index (χ3n) is 5.55. The van der Waals surface area contributed by atoms with Gasteiger partial charge in [-0.05, 0) is 54.5 Å². The van der Waals surface area contributed by atoms with Crippen molar-refractivity contribution in [2.75, 3.05) is 25.1 Å². The van der Waals surface area contributed by atoms with Crippen LogP contribution in [0.25, 0.3) is 0 Å². The number of benzene rings is 1.